The molecule has 0 fully saturated rings. The van der Waals surface area contributed by atoms with Gasteiger partial charge in [0.2, 0.25) is 5.91 Å². The van der Waals surface area contributed by atoms with E-state index in [1.54, 1.807) is 24.3 Å². The number of hydrogen-bond donors (Lipinski definition) is 2. The van der Waals surface area contributed by atoms with E-state index >= 15 is 0 Å². The van der Waals surface area contributed by atoms with Crippen LogP contribution in [0.1, 0.15) is 11.1 Å². The van der Waals surface area contributed by atoms with Crippen molar-refractivity contribution in [2.24, 2.45) is 0 Å². The smallest absolute Gasteiger partial charge is 0.243 e. The second-order valence-electron chi connectivity index (χ2n) is 4.43. The Morgan fingerprint density at radius 2 is 2.00 bits per heavy atom. The zero-order valence-electron chi connectivity index (χ0n) is 11.2. The minimum atomic E-state index is -0.186. The molecule has 0 heterocycles. The predicted octanol–water partition coefficient (Wildman–Crippen LogP) is 2.92. The summed E-state index contributed by atoms with van der Waals surface area (Å²) in [5, 5.41) is 14.7. The van der Waals surface area contributed by atoms with E-state index in [1.807, 2.05) is 37.3 Å². The number of nitrogens with zero attached hydrogens (tertiary/aromatic N) is 1. The summed E-state index contributed by atoms with van der Waals surface area (Å²) >= 11 is 0. The van der Waals surface area contributed by atoms with Crippen LogP contribution in [0.4, 0.5) is 11.4 Å². The molecule has 0 saturated heterocycles. The van der Waals surface area contributed by atoms with Crippen LogP contribution in [0.15, 0.2) is 48.5 Å². The summed E-state index contributed by atoms with van der Waals surface area (Å²) in [6, 6.07) is 16.8. The van der Waals surface area contributed by atoms with E-state index < -0.39 is 0 Å². The molecule has 100 valence electrons. The van der Waals surface area contributed by atoms with Crippen LogP contribution in [-0.2, 0) is 4.79 Å². The van der Waals surface area contributed by atoms with Gasteiger partial charge in [-0.2, -0.15) is 5.26 Å². The van der Waals surface area contributed by atoms with Gasteiger partial charge in [-0.25, -0.2) is 0 Å². The quantitative estimate of drug-likeness (QED) is 0.893. The summed E-state index contributed by atoms with van der Waals surface area (Å²) < 4.78 is 0. The minimum absolute atomic E-state index is 0.156. The Kier molecular flexibility index (Phi) is 4.35. The Labute approximate surface area is 118 Å². The number of anilines is 2. The third-order valence-electron chi connectivity index (χ3n) is 2.79. The van der Waals surface area contributed by atoms with Crippen LogP contribution >= 0.6 is 0 Å². The van der Waals surface area contributed by atoms with Crippen molar-refractivity contribution < 1.29 is 4.79 Å². The molecule has 0 spiro atoms. The number of para-hydroxylation sites is 1. The Morgan fingerprint density at radius 3 is 2.75 bits per heavy atom. The largest absolute Gasteiger partial charge is 0.376 e. The van der Waals surface area contributed by atoms with Gasteiger partial charge in [-0.15, -0.1) is 0 Å². The number of carbonyl (C=O) groups excluding carboxylic acids is 1. The van der Waals surface area contributed by atoms with Crippen molar-refractivity contribution in [2.45, 2.75) is 6.92 Å². The van der Waals surface area contributed by atoms with Crippen molar-refractivity contribution >= 4 is 17.3 Å². The second kappa shape index (κ2) is 6.39. The molecule has 0 saturated carbocycles. The molecule has 2 rings (SSSR count). The van der Waals surface area contributed by atoms with Crippen LogP contribution in [0, 0.1) is 18.3 Å². The topological polar surface area (TPSA) is 64.9 Å². The molecule has 2 aromatic carbocycles. The highest BCUT2D eigenvalue weighted by molar-refractivity contribution is 5.94. The molecule has 0 unspecified atom stereocenters. The maximum atomic E-state index is 11.9. The zero-order chi connectivity index (χ0) is 14.4. The fourth-order valence-corrected chi connectivity index (χ4v) is 1.82. The first kappa shape index (κ1) is 13.6. The predicted molar refractivity (Wildman–Crippen MR) is 79.5 cm³/mol. The Hall–Kier alpha value is -2.80. The average molecular weight is 265 g/mol. The fourth-order valence-electron chi connectivity index (χ4n) is 1.82. The number of nitriles is 1. The SMILES string of the molecule is Cc1cccc(NCC(=O)Nc2ccccc2C#N)c1. The van der Waals surface area contributed by atoms with E-state index in [0.29, 0.717) is 11.3 Å². The van der Waals surface area contributed by atoms with Gasteiger partial charge in [-0.3, -0.25) is 4.79 Å². The van der Waals surface area contributed by atoms with Gasteiger partial charge in [0.25, 0.3) is 0 Å². The molecule has 2 N–H and O–H groups in total. The number of aryl methyl sites for hydroxylation is 1. The van der Waals surface area contributed by atoms with E-state index in [0.717, 1.165) is 11.3 Å². The van der Waals surface area contributed by atoms with Crippen LogP contribution in [-0.4, -0.2) is 12.5 Å². The molecule has 0 bridgehead atoms. The van der Waals surface area contributed by atoms with Gasteiger partial charge in [0, 0.05) is 5.69 Å². The lowest BCUT2D eigenvalue weighted by molar-refractivity contribution is -0.114. The van der Waals surface area contributed by atoms with E-state index in [1.165, 1.54) is 0 Å². The molecule has 0 aromatic heterocycles. The normalized spacial score (nSPS) is 9.60. The van der Waals surface area contributed by atoms with Crippen LogP contribution < -0.4 is 10.6 Å². The maximum Gasteiger partial charge on any atom is 0.243 e. The highest BCUT2D eigenvalue weighted by atomic mass is 16.1. The van der Waals surface area contributed by atoms with Crippen molar-refractivity contribution in [3.05, 3.63) is 59.7 Å². The van der Waals surface area contributed by atoms with Crippen LogP contribution in [0.3, 0.4) is 0 Å². The summed E-state index contributed by atoms with van der Waals surface area (Å²) in [4.78, 5) is 11.9. The monoisotopic (exact) mass is 265 g/mol. The van der Waals surface area contributed by atoms with Crippen molar-refractivity contribution in [3.8, 4) is 6.07 Å². The number of hydrogen-bond acceptors (Lipinski definition) is 3. The average Bonchev–Trinajstić information content (AvgIpc) is 2.46. The van der Waals surface area contributed by atoms with Crippen molar-refractivity contribution in [3.63, 3.8) is 0 Å². The molecule has 20 heavy (non-hydrogen) atoms. The van der Waals surface area contributed by atoms with E-state index in [4.69, 9.17) is 5.26 Å². The van der Waals surface area contributed by atoms with Gasteiger partial charge in [0.1, 0.15) is 6.07 Å². The van der Waals surface area contributed by atoms with Crippen molar-refractivity contribution in [1.29, 1.82) is 5.26 Å². The van der Waals surface area contributed by atoms with E-state index in [-0.39, 0.29) is 12.5 Å². The fraction of sp³-hybridized carbons (Fsp3) is 0.125. The summed E-state index contributed by atoms with van der Waals surface area (Å²) in [5.74, 6) is -0.186. The summed E-state index contributed by atoms with van der Waals surface area (Å²) in [6.45, 7) is 2.15. The number of carbonyl (C=O) groups is 1. The van der Waals surface area contributed by atoms with Crippen LogP contribution in [0.2, 0.25) is 0 Å². The molecule has 4 nitrogen and oxygen atoms in total. The first-order chi connectivity index (χ1) is 9.69. The Balaban J connectivity index is 1.95. The van der Waals surface area contributed by atoms with Gasteiger partial charge in [-0.1, -0.05) is 24.3 Å². The number of rotatable bonds is 4. The molecule has 0 aliphatic carbocycles. The van der Waals surface area contributed by atoms with E-state index in [2.05, 4.69) is 10.6 Å². The molecule has 0 radical (unpaired) electrons. The second-order valence-corrected chi connectivity index (χ2v) is 4.43. The van der Waals surface area contributed by atoms with Gasteiger partial charge < -0.3 is 10.6 Å². The third-order valence-corrected chi connectivity index (χ3v) is 2.79. The lowest BCUT2D eigenvalue weighted by Gasteiger charge is -2.09. The lowest BCUT2D eigenvalue weighted by Crippen LogP contribution is -2.22. The molecule has 1 amide bonds. The van der Waals surface area contributed by atoms with Gasteiger partial charge in [0.15, 0.2) is 0 Å². The Bertz CT molecular complexity index is 659. The molecular formula is C16H15N3O. The number of nitrogens with one attached hydrogen (secondary N) is 2. The Morgan fingerprint density at radius 1 is 1.20 bits per heavy atom. The summed E-state index contributed by atoms with van der Waals surface area (Å²) in [5.41, 5.74) is 3.02. The summed E-state index contributed by atoms with van der Waals surface area (Å²) in [7, 11) is 0. The van der Waals surface area contributed by atoms with Crippen LogP contribution in [0.25, 0.3) is 0 Å². The van der Waals surface area contributed by atoms with Crippen molar-refractivity contribution in [1.82, 2.24) is 0 Å². The number of benzene rings is 2. The third kappa shape index (κ3) is 3.59. The van der Waals surface area contributed by atoms with Crippen LogP contribution in [0.5, 0.6) is 0 Å². The first-order valence-corrected chi connectivity index (χ1v) is 6.28. The summed E-state index contributed by atoms with van der Waals surface area (Å²) in [6.07, 6.45) is 0. The molecule has 2 aromatic rings. The van der Waals surface area contributed by atoms with Gasteiger partial charge in [-0.05, 0) is 36.8 Å². The maximum absolute atomic E-state index is 11.9. The minimum Gasteiger partial charge on any atom is -0.376 e. The molecule has 4 heteroatoms. The van der Waals surface area contributed by atoms with Crippen molar-refractivity contribution in [2.75, 3.05) is 17.2 Å². The number of amides is 1. The van der Waals surface area contributed by atoms with Gasteiger partial charge >= 0.3 is 0 Å². The van der Waals surface area contributed by atoms with Gasteiger partial charge in [0.05, 0.1) is 17.8 Å². The zero-order valence-corrected chi connectivity index (χ0v) is 11.2. The molecule has 0 aliphatic heterocycles. The molecular weight excluding hydrogens is 250 g/mol. The highest BCUT2D eigenvalue weighted by Gasteiger charge is 2.05. The first-order valence-electron chi connectivity index (χ1n) is 6.28. The highest BCUT2D eigenvalue weighted by Crippen LogP contribution is 2.13. The molecule has 0 aliphatic rings. The van der Waals surface area contributed by atoms with E-state index in [9.17, 15) is 4.79 Å². The lowest BCUT2D eigenvalue weighted by atomic mass is 10.2. The molecule has 0 atom stereocenters. The standard InChI is InChI=1S/C16H15N3O/c1-12-5-4-7-14(9-12)18-11-16(20)19-15-8-3-2-6-13(15)10-17/h2-9,18H,11H2,1H3,(H,19,20).